The Kier molecular flexibility index (Phi) is 4.81. The van der Waals surface area contributed by atoms with Crippen molar-refractivity contribution in [2.45, 2.75) is 52.1 Å². The van der Waals surface area contributed by atoms with Crippen molar-refractivity contribution in [3.63, 3.8) is 0 Å². The molecule has 0 saturated heterocycles. The molecule has 110 valence electrons. The van der Waals surface area contributed by atoms with Gasteiger partial charge in [0.05, 0.1) is 12.7 Å². The zero-order chi connectivity index (χ0) is 14.7. The lowest BCUT2D eigenvalue weighted by Gasteiger charge is -2.26. The van der Waals surface area contributed by atoms with Crippen molar-refractivity contribution in [1.82, 2.24) is 0 Å². The summed E-state index contributed by atoms with van der Waals surface area (Å²) >= 11 is 0. The number of ether oxygens (including phenoxy) is 1. The number of carbonyl (C=O) groups excluding carboxylic acids is 1. The van der Waals surface area contributed by atoms with Crippen molar-refractivity contribution in [2.24, 2.45) is 5.92 Å². The van der Waals surface area contributed by atoms with Crippen LogP contribution in [0.4, 0.5) is 0 Å². The van der Waals surface area contributed by atoms with Crippen molar-refractivity contribution in [3.05, 3.63) is 28.8 Å². The number of benzene rings is 1. The Bertz CT molecular complexity index is 487. The van der Waals surface area contributed by atoms with Crippen molar-refractivity contribution in [2.75, 3.05) is 7.11 Å². The van der Waals surface area contributed by atoms with Crippen LogP contribution < -0.4 is 4.74 Å². The molecule has 0 amide bonds. The summed E-state index contributed by atoms with van der Waals surface area (Å²) < 4.78 is 5.33. The molecule has 1 fully saturated rings. The van der Waals surface area contributed by atoms with Crippen molar-refractivity contribution in [3.8, 4) is 5.75 Å². The van der Waals surface area contributed by atoms with Gasteiger partial charge >= 0.3 is 0 Å². The largest absolute Gasteiger partial charge is 0.496 e. The number of Topliss-reactive ketones (excluding diaryl/α,β-unsaturated/α-hetero) is 1. The molecule has 1 aliphatic rings. The van der Waals surface area contributed by atoms with Crippen LogP contribution >= 0.6 is 0 Å². The topological polar surface area (TPSA) is 46.5 Å². The van der Waals surface area contributed by atoms with Crippen LogP contribution in [0.2, 0.25) is 0 Å². The maximum absolute atomic E-state index is 12.6. The molecule has 20 heavy (non-hydrogen) atoms. The molecule has 0 radical (unpaired) electrons. The normalized spacial score (nSPS) is 17.8. The first-order valence-electron chi connectivity index (χ1n) is 7.42. The SMILES string of the molecule is COc1cc(C)cc(C)c1C(=O)C(O)C1CCCCC1. The molecule has 0 spiro atoms. The summed E-state index contributed by atoms with van der Waals surface area (Å²) in [6.07, 6.45) is 4.42. The first-order chi connectivity index (χ1) is 9.54. The average Bonchev–Trinajstić information content (AvgIpc) is 2.46. The molecule has 0 aliphatic heterocycles. The van der Waals surface area contributed by atoms with E-state index in [0.29, 0.717) is 11.3 Å². The highest BCUT2D eigenvalue weighted by Crippen LogP contribution is 2.31. The van der Waals surface area contributed by atoms with Crippen LogP contribution in [-0.2, 0) is 0 Å². The standard InChI is InChI=1S/C17H24O3/c1-11-9-12(2)15(14(10-11)20-3)17(19)16(18)13-7-5-4-6-8-13/h9-10,13,16,18H,4-8H2,1-3H3. The van der Waals surface area contributed by atoms with Gasteiger partial charge < -0.3 is 9.84 Å². The molecule has 1 unspecified atom stereocenters. The fourth-order valence-electron chi connectivity index (χ4n) is 3.22. The summed E-state index contributed by atoms with van der Waals surface area (Å²) in [6, 6.07) is 3.82. The third-order valence-electron chi connectivity index (χ3n) is 4.27. The van der Waals surface area contributed by atoms with Crippen LogP contribution in [0.1, 0.15) is 53.6 Å². The zero-order valence-corrected chi connectivity index (χ0v) is 12.6. The molecule has 1 atom stereocenters. The van der Waals surface area contributed by atoms with E-state index >= 15 is 0 Å². The number of hydrogen-bond donors (Lipinski definition) is 1. The first kappa shape index (κ1) is 15.0. The number of hydrogen-bond acceptors (Lipinski definition) is 3. The molecule has 0 heterocycles. The lowest BCUT2D eigenvalue weighted by molar-refractivity contribution is 0.0531. The third-order valence-corrected chi connectivity index (χ3v) is 4.27. The predicted molar refractivity (Wildman–Crippen MR) is 79.4 cm³/mol. The third kappa shape index (κ3) is 3.04. The first-order valence-corrected chi connectivity index (χ1v) is 7.42. The number of aryl methyl sites for hydroxylation is 2. The second-order valence-electron chi connectivity index (χ2n) is 5.87. The molecule has 0 aromatic heterocycles. The second kappa shape index (κ2) is 6.40. The lowest BCUT2D eigenvalue weighted by Crippen LogP contribution is -2.31. The highest BCUT2D eigenvalue weighted by atomic mass is 16.5. The van der Waals surface area contributed by atoms with Gasteiger partial charge in [-0.15, -0.1) is 0 Å². The van der Waals surface area contributed by atoms with E-state index in [2.05, 4.69) is 0 Å². The Labute approximate surface area is 121 Å². The van der Waals surface area contributed by atoms with E-state index in [0.717, 1.165) is 36.8 Å². The minimum atomic E-state index is -0.898. The van der Waals surface area contributed by atoms with Gasteiger partial charge in [0.2, 0.25) is 0 Å². The molecule has 2 rings (SSSR count). The van der Waals surface area contributed by atoms with Gasteiger partial charge in [0.1, 0.15) is 11.9 Å². The van der Waals surface area contributed by atoms with Gasteiger partial charge in [0.25, 0.3) is 0 Å². The van der Waals surface area contributed by atoms with Crippen molar-refractivity contribution < 1.29 is 14.6 Å². The minimum Gasteiger partial charge on any atom is -0.496 e. The monoisotopic (exact) mass is 276 g/mol. The number of aliphatic hydroxyl groups excluding tert-OH is 1. The molecule has 3 heteroatoms. The number of carbonyl (C=O) groups is 1. The summed E-state index contributed by atoms with van der Waals surface area (Å²) in [5.74, 6) is 0.482. The number of methoxy groups -OCH3 is 1. The van der Waals surface area contributed by atoms with E-state index in [1.54, 1.807) is 7.11 Å². The van der Waals surface area contributed by atoms with Gasteiger partial charge in [-0.1, -0.05) is 25.3 Å². The Morgan fingerprint density at radius 3 is 2.50 bits per heavy atom. The number of aliphatic hydroxyl groups is 1. The van der Waals surface area contributed by atoms with Gasteiger partial charge in [0.15, 0.2) is 5.78 Å². The molecular formula is C17H24O3. The van der Waals surface area contributed by atoms with E-state index in [9.17, 15) is 9.90 Å². The van der Waals surface area contributed by atoms with Gasteiger partial charge in [-0.05, 0) is 49.8 Å². The number of rotatable bonds is 4. The van der Waals surface area contributed by atoms with Crippen molar-refractivity contribution in [1.29, 1.82) is 0 Å². The Morgan fingerprint density at radius 1 is 1.25 bits per heavy atom. The summed E-state index contributed by atoms with van der Waals surface area (Å²) in [7, 11) is 1.57. The maximum Gasteiger partial charge on any atom is 0.195 e. The molecule has 1 aromatic rings. The van der Waals surface area contributed by atoms with Crippen LogP contribution in [-0.4, -0.2) is 24.1 Å². The van der Waals surface area contributed by atoms with E-state index in [4.69, 9.17) is 4.74 Å². The molecule has 3 nitrogen and oxygen atoms in total. The zero-order valence-electron chi connectivity index (χ0n) is 12.6. The highest BCUT2D eigenvalue weighted by molar-refractivity contribution is 6.03. The molecule has 1 aromatic carbocycles. The number of ketones is 1. The molecule has 0 bridgehead atoms. The Hall–Kier alpha value is -1.35. The summed E-state index contributed by atoms with van der Waals surface area (Å²) in [5, 5.41) is 10.4. The minimum absolute atomic E-state index is 0.0988. The smallest absolute Gasteiger partial charge is 0.195 e. The van der Waals surface area contributed by atoms with Gasteiger partial charge in [0, 0.05) is 0 Å². The van der Waals surface area contributed by atoms with Crippen LogP contribution in [0, 0.1) is 19.8 Å². The van der Waals surface area contributed by atoms with Gasteiger partial charge in [-0.2, -0.15) is 0 Å². The molecule has 1 saturated carbocycles. The Balaban J connectivity index is 2.28. The molecular weight excluding hydrogens is 252 g/mol. The average molecular weight is 276 g/mol. The quantitative estimate of drug-likeness (QED) is 0.857. The van der Waals surface area contributed by atoms with E-state index in [1.807, 2.05) is 26.0 Å². The summed E-state index contributed by atoms with van der Waals surface area (Å²) in [6.45, 7) is 3.87. The van der Waals surface area contributed by atoms with Gasteiger partial charge in [-0.25, -0.2) is 0 Å². The maximum atomic E-state index is 12.6. The van der Waals surface area contributed by atoms with Crippen molar-refractivity contribution >= 4 is 5.78 Å². The predicted octanol–water partition coefficient (Wildman–Crippen LogP) is 3.44. The second-order valence-corrected chi connectivity index (χ2v) is 5.87. The van der Waals surface area contributed by atoms with E-state index < -0.39 is 6.10 Å². The van der Waals surface area contributed by atoms with E-state index in [1.165, 1.54) is 6.42 Å². The summed E-state index contributed by atoms with van der Waals surface area (Å²) in [4.78, 5) is 12.6. The van der Waals surface area contributed by atoms with E-state index in [-0.39, 0.29) is 11.7 Å². The van der Waals surface area contributed by atoms with Crippen LogP contribution in [0.15, 0.2) is 12.1 Å². The van der Waals surface area contributed by atoms with Crippen LogP contribution in [0.5, 0.6) is 5.75 Å². The van der Waals surface area contributed by atoms with Crippen LogP contribution in [0.3, 0.4) is 0 Å². The summed E-state index contributed by atoms with van der Waals surface area (Å²) in [5.41, 5.74) is 2.47. The van der Waals surface area contributed by atoms with Gasteiger partial charge in [-0.3, -0.25) is 4.79 Å². The fourth-order valence-corrected chi connectivity index (χ4v) is 3.22. The molecule has 1 N–H and O–H groups in total. The fraction of sp³-hybridized carbons (Fsp3) is 0.588. The molecule has 1 aliphatic carbocycles. The van der Waals surface area contributed by atoms with Crippen LogP contribution in [0.25, 0.3) is 0 Å². The lowest BCUT2D eigenvalue weighted by atomic mass is 9.82. The highest BCUT2D eigenvalue weighted by Gasteiger charge is 2.30. The Morgan fingerprint density at radius 2 is 1.90 bits per heavy atom.